The van der Waals surface area contributed by atoms with E-state index in [4.69, 9.17) is 0 Å². The van der Waals surface area contributed by atoms with Gasteiger partial charge in [0, 0.05) is 46.0 Å². The molecule has 10 rings (SSSR count). The summed E-state index contributed by atoms with van der Waals surface area (Å²) in [6.45, 7) is 0. The van der Waals surface area contributed by atoms with Crippen LogP contribution in [-0.4, -0.2) is 9.97 Å². The van der Waals surface area contributed by atoms with Crippen LogP contribution in [0.15, 0.2) is 60.7 Å². The Morgan fingerprint density at radius 3 is 1.35 bits per heavy atom. The van der Waals surface area contributed by atoms with E-state index in [9.17, 15) is 17.6 Å². The molecule has 0 bridgehead atoms. The third-order valence-corrected chi connectivity index (χ3v) is 10.1. The van der Waals surface area contributed by atoms with Gasteiger partial charge in [0.05, 0.1) is 0 Å². The molecule has 2 nitrogen and oxygen atoms in total. The van der Waals surface area contributed by atoms with Gasteiger partial charge in [-0.25, -0.2) is 41.9 Å². The summed E-state index contributed by atoms with van der Waals surface area (Å²) in [7, 11) is 0. The molecule has 2 N–H and O–H groups in total. The number of hydrogen-bond acceptors (Lipinski definition) is 0. The number of halogens is 4. The molecule has 2 atom stereocenters. The average molecular weight is 695 g/mol. The quantitative estimate of drug-likeness (QED) is 0.119. The molecule has 0 radical (unpaired) electrons. The molecule has 0 spiro atoms. The number of nitrogens with one attached hydrogen (secondary N) is 2. The van der Waals surface area contributed by atoms with Crippen LogP contribution in [0.4, 0.5) is 17.6 Å². The number of benzene rings is 2. The van der Waals surface area contributed by atoms with E-state index in [2.05, 4.69) is 46.4 Å². The van der Waals surface area contributed by atoms with Crippen LogP contribution < -0.4 is 0 Å². The topological polar surface area (TPSA) is 31.6 Å². The minimum Gasteiger partial charge on any atom is -0.362 e. The van der Waals surface area contributed by atoms with Crippen molar-refractivity contribution in [3.63, 3.8) is 0 Å². The van der Waals surface area contributed by atoms with E-state index in [1.807, 2.05) is 24.3 Å². The van der Waals surface area contributed by atoms with E-state index in [1.54, 1.807) is 12.1 Å². The minimum absolute atomic E-state index is 0. The Bertz CT molecular complexity index is 1750. The van der Waals surface area contributed by atoms with Crippen LogP contribution in [0.5, 0.6) is 0 Å². The van der Waals surface area contributed by atoms with Gasteiger partial charge in [-0.15, -0.1) is 48.2 Å². The van der Waals surface area contributed by atoms with E-state index >= 15 is 0 Å². The third-order valence-electron chi connectivity index (χ3n) is 10.1. The number of aromatic amines is 2. The van der Waals surface area contributed by atoms with Gasteiger partial charge in [-0.2, -0.15) is 24.3 Å². The van der Waals surface area contributed by atoms with Crippen molar-refractivity contribution in [2.75, 3.05) is 0 Å². The molecule has 7 heteroatoms. The molecule has 0 aliphatic heterocycles. The van der Waals surface area contributed by atoms with Crippen molar-refractivity contribution < 1.29 is 39.3 Å². The normalized spacial score (nSPS) is 19.6. The average Bonchev–Trinajstić information content (AvgIpc) is 3.89. The summed E-state index contributed by atoms with van der Waals surface area (Å²) in [6, 6.07) is 10.1. The van der Waals surface area contributed by atoms with Crippen LogP contribution in [0, 0.1) is 47.6 Å². The molecule has 2 unspecified atom stereocenters. The second kappa shape index (κ2) is 16.0. The summed E-state index contributed by atoms with van der Waals surface area (Å²) in [4.78, 5) is 7.00. The SMILES string of the molecule is Fc1[c-]c(F)c(C2CCc3[nH]c4c(c32)CCC4)cc1.Fc1[c-]c(F)c(C2CCc3[nH]c4c(c32)CCC4)cc1.[C-]1=CC=CC1.[C-]1=CC=CC1.[Ti+4]. The predicted octanol–water partition coefficient (Wildman–Crippen LogP) is 9.93. The Morgan fingerprint density at radius 1 is 0.551 bits per heavy atom. The summed E-state index contributed by atoms with van der Waals surface area (Å²) in [5.41, 5.74) is 11.7. The van der Waals surface area contributed by atoms with Crippen LogP contribution in [0.3, 0.4) is 0 Å². The predicted molar refractivity (Wildman–Crippen MR) is 179 cm³/mol. The minimum atomic E-state index is -0.626. The zero-order valence-corrected chi connectivity index (χ0v) is 29.0. The van der Waals surface area contributed by atoms with Gasteiger partial charge in [0.1, 0.15) is 0 Å². The number of allylic oxidation sites excluding steroid dienone is 8. The van der Waals surface area contributed by atoms with Gasteiger partial charge in [0.15, 0.2) is 0 Å². The number of aromatic nitrogens is 2. The first-order chi connectivity index (χ1) is 23.5. The number of fused-ring (bicyclic) bond motifs is 6. The number of hydrogen-bond donors (Lipinski definition) is 2. The molecule has 0 saturated heterocycles. The first-order valence-electron chi connectivity index (χ1n) is 17.1. The summed E-state index contributed by atoms with van der Waals surface area (Å²) in [5.74, 6) is -2.18. The molecule has 2 aromatic carbocycles. The maximum Gasteiger partial charge on any atom is 4.00 e. The number of rotatable bonds is 2. The fraction of sp³-hybridized carbons (Fsp3) is 0.333. The Kier molecular flexibility index (Phi) is 11.5. The smallest absolute Gasteiger partial charge is 0.362 e. The van der Waals surface area contributed by atoms with E-state index < -0.39 is 23.3 Å². The largest absolute Gasteiger partial charge is 4.00 e. The summed E-state index contributed by atoms with van der Waals surface area (Å²) < 4.78 is 53.9. The Labute approximate surface area is 301 Å². The second-order valence-corrected chi connectivity index (χ2v) is 13.0. The Hall–Kier alpha value is -3.61. The molecule has 6 aliphatic rings. The van der Waals surface area contributed by atoms with Crippen molar-refractivity contribution in [2.45, 2.75) is 88.9 Å². The van der Waals surface area contributed by atoms with Gasteiger partial charge < -0.3 is 9.97 Å². The van der Waals surface area contributed by atoms with E-state index in [0.717, 1.165) is 64.2 Å². The van der Waals surface area contributed by atoms with Gasteiger partial charge in [-0.1, -0.05) is 0 Å². The van der Waals surface area contributed by atoms with Crippen LogP contribution in [-0.2, 0) is 60.2 Å². The van der Waals surface area contributed by atoms with Crippen LogP contribution in [0.1, 0.15) is 107 Å². The maximum atomic E-state index is 13.9. The molecule has 6 aliphatic carbocycles. The zero-order chi connectivity index (χ0) is 33.0. The molecule has 0 saturated carbocycles. The van der Waals surface area contributed by atoms with Crippen molar-refractivity contribution in [1.82, 2.24) is 9.97 Å². The van der Waals surface area contributed by atoms with Gasteiger partial charge >= 0.3 is 21.7 Å². The molecule has 248 valence electrons. The van der Waals surface area contributed by atoms with E-state index in [1.165, 1.54) is 70.0 Å². The fourth-order valence-electron chi connectivity index (χ4n) is 8.07. The molecule has 0 fully saturated rings. The van der Waals surface area contributed by atoms with Gasteiger partial charge in [0.2, 0.25) is 0 Å². The number of H-pyrrole nitrogens is 2. The summed E-state index contributed by atoms with van der Waals surface area (Å²) in [5, 5.41) is 0. The zero-order valence-electron chi connectivity index (χ0n) is 27.4. The van der Waals surface area contributed by atoms with Gasteiger partial charge in [-0.05, 0) is 98.3 Å². The number of aryl methyl sites for hydroxylation is 4. The monoisotopic (exact) mass is 694 g/mol. The molecule has 49 heavy (non-hydrogen) atoms. The van der Waals surface area contributed by atoms with Crippen LogP contribution in [0.2, 0.25) is 0 Å². The van der Waals surface area contributed by atoms with Crippen molar-refractivity contribution in [1.29, 1.82) is 0 Å². The molecule has 2 aromatic heterocycles. The van der Waals surface area contributed by atoms with Gasteiger partial charge in [0.25, 0.3) is 0 Å². The maximum absolute atomic E-state index is 13.9. The molecule has 2 heterocycles. The first kappa shape index (κ1) is 35.2. The first-order valence-corrected chi connectivity index (χ1v) is 17.1. The molecular weight excluding hydrogens is 656 g/mol. The van der Waals surface area contributed by atoms with Crippen molar-refractivity contribution in [2.24, 2.45) is 0 Å². The Balaban J connectivity index is 0.000000131. The van der Waals surface area contributed by atoms with Crippen molar-refractivity contribution in [3.8, 4) is 0 Å². The molecule has 4 aromatic rings. The standard InChI is InChI=1S/2C16H14F2N.2C5H5.Ti/c2*17-9-4-5-10(13(18)8-9)11-6-7-15-16(11)12-2-1-3-14(12)19-15;2*1-2-4-5-3-1;/h2*4-5,11,19H,1-3,6-7H2;2*1-3H,4H2;/q4*-1;+4. The Morgan fingerprint density at radius 2 is 1.00 bits per heavy atom. The molecular formula is C42H38F4N2Ti. The molecule has 0 amide bonds. The van der Waals surface area contributed by atoms with Crippen molar-refractivity contribution in [3.05, 3.63) is 164 Å². The second-order valence-electron chi connectivity index (χ2n) is 13.0. The van der Waals surface area contributed by atoms with E-state index in [0.29, 0.717) is 11.1 Å². The van der Waals surface area contributed by atoms with E-state index in [-0.39, 0.29) is 33.6 Å². The van der Waals surface area contributed by atoms with Crippen LogP contribution >= 0.6 is 0 Å². The van der Waals surface area contributed by atoms with Crippen LogP contribution in [0.25, 0.3) is 0 Å². The summed E-state index contributed by atoms with van der Waals surface area (Å²) in [6.07, 6.45) is 30.5. The third kappa shape index (κ3) is 7.61. The van der Waals surface area contributed by atoms with Crippen molar-refractivity contribution >= 4 is 0 Å². The fourth-order valence-corrected chi connectivity index (χ4v) is 8.07. The summed E-state index contributed by atoms with van der Waals surface area (Å²) >= 11 is 0. The van der Waals surface area contributed by atoms with Gasteiger partial charge in [-0.3, -0.25) is 12.2 Å².